The first kappa shape index (κ1) is 21.5. The van der Waals surface area contributed by atoms with Crippen molar-refractivity contribution < 1.29 is 9.32 Å². The number of carbonyl (C=O) groups excluding carboxylic acids is 1. The van der Waals surface area contributed by atoms with Crippen molar-refractivity contribution in [3.8, 4) is 0 Å². The summed E-state index contributed by atoms with van der Waals surface area (Å²) in [6.45, 7) is 8.03. The van der Waals surface area contributed by atoms with E-state index < -0.39 is 17.2 Å². The van der Waals surface area contributed by atoms with E-state index >= 15 is 0 Å². The third-order valence-electron chi connectivity index (χ3n) is 4.70. The first-order chi connectivity index (χ1) is 13.3. The smallest absolute Gasteiger partial charge is 0.330 e. The van der Waals surface area contributed by atoms with Crippen molar-refractivity contribution in [2.45, 2.75) is 66.3 Å². The Bertz CT molecular complexity index is 921. The molecule has 0 aromatic carbocycles. The van der Waals surface area contributed by atoms with Crippen molar-refractivity contribution in [3.63, 3.8) is 0 Å². The summed E-state index contributed by atoms with van der Waals surface area (Å²) < 4.78 is 6.43. The number of aromatic amines is 1. The van der Waals surface area contributed by atoms with Gasteiger partial charge < -0.3 is 15.2 Å². The molecule has 9 heteroatoms. The van der Waals surface area contributed by atoms with E-state index in [0.29, 0.717) is 36.5 Å². The number of hydrogen-bond donors (Lipinski definition) is 2. The summed E-state index contributed by atoms with van der Waals surface area (Å²) in [5.41, 5.74) is 5.71. The molecule has 2 heterocycles. The maximum Gasteiger partial charge on any atom is 0.330 e. The second-order valence-electron chi connectivity index (χ2n) is 6.86. The molecule has 0 unspecified atom stereocenters. The van der Waals surface area contributed by atoms with Crippen LogP contribution in [0.5, 0.6) is 0 Å². The molecule has 0 saturated heterocycles. The van der Waals surface area contributed by atoms with E-state index in [1.54, 1.807) is 13.8 Å². The summed E-state index contributed by atoms with van der Waals surface area (Å²) in [4.78, 5) is 41.8. The molecule has 0 radical (unpaired) electrons. The number of nitrogens with two attached hydrogens (primary N) is 1. The maximum absolute atomic E-state index is 13.3. The average Bonchev–Trinajstić information content (AvgIpc) is 2.98. The van der Waals surface area contributed by atoms with Crippen LogP contribution in [-0.2, 0) is 6.54 Å². The molecule has 0 aliphatic carbocycles. The number of hydrogen-bond acceptors (Lipinski definition) is 6. The molecule has 3 N–H and O–H groups in total. The molecule has 2 aromatic rings. The molecule has 0 atom stereocenters. The molecule has 2 rings (SSSR count). The van der Waals surface area contributed by atoms with E-state index in [1.165, 1.54) is 9.47 Å². The van der Waals surface area contributed by atoms with E-state index in [0.717, 1.165) is 25.7 Å². The Morgan fingerprint density at radius 1 is 1.18 bits per heavy atom. The number of H-pyrrole nitrogens is 1. The van der Waals surface area contributed by atoms with Gasteiger partial charge in [0.2, 0.25) is 0 Å². The van der Waals surface area contributed by atoms with Gasteiger partial charge in [0.05, 0.1) is 5.69 Å². The number of nitrogens with zero attached hydrogens (tertiary/aromatic N) is 3. The molecule has 0 aliphatic rings. The molecule has 0 bridgehead atoms. The normalized spacial score (nSPS) is 11.0. The standard InChI is InChI=1S/C19H29N5O4/c1-5-7-9-11-23(18(26)14-12(3)22-28-13(14)4)15-16(20)24(10-8-6-2)19(27)21-17(15)25/h5-11,20H2,1-4H3,(H,21,25,27). The van der Waals surface area contributed by atoms with E-state index in [-0.39, 0.29) is 11.5 Å². The Kier molecular flexibility index (Phi) is 7.19. The highest BCUT2D eigenvalue weighted by atomic mass is 16.5. The molecule has 0 aliphatic heterocycles. The fourth-order valence-electron chi connectivity index (χ4n) is 3.13. The number of carbonyl (C=O) groups is 1. The first-order valence-corrected chi connectivity index (χ1v) is 9.70. The Morgan fingerprint density at radius 2 is 1.86 bits per heavy atom. The summed E-state index contributed by atoms with van der Waals surface area (Å²) in [5, 5.41) is 3.83. The molecular weight excluding hydrogens is 362 g/mol. The number of nitrogens with one attached hydrogen (secondary N) is 1. The van der Waals surface area contributed by atoms with Gasteiger partial charge in [0.25, 0.3) is 11.5 Å². The molecule has 154 valence electrons. The van der Waals surface area contributed by atoms with Crippen LogP contribution >= 0.6 is 0 Å². The number of aryl methyl sites for hydroxylation is 2. The van der Waals surface area contributed by atoms with Gasteiger partial charge in [-0.2, -0.15) is 0 Å². The van der Waals surface area contributed by atoms with Gasteiger partial charge in [-0.3, -0.25) is 19.1 Å². The fourth-order valence-corrected chi connectivity index (χ4v) is 3.13. The maximum atomic E-state index is 13.3. The number of amides is 1. The summed E-state index contributed by atoms with van der Waals surface area (Å²) >= 11 is 0. The van der Waals surface area contributed by atoms with Gasteiger partial charge in [0.1, 0.15) is 17.1 Å². The Morgan fingerprint density at radius 3 is 2.43 bits per heavy atom. The highest BCUT2D eigenvalue weighted by Crippen LogP contribution is 2.23. The quantitative estimate of drug-likeness (QED) is 0.632. The van der Waals surface area contributed by atoms with Crippen molar-refractivity contribution in [1.29, 1.82) is 0 Å². The largest absolute Gasteiger partial charge is 0.383 e. The zero-order chi connectivity index (χ0) is 20.8. The number of anilines is 2. The minimum absolute atomic E-state index is 0.00110. The third kappa shape index (κ3) is 4.35. The van der Waals surface area contributed by atoms with Gasteiger partial charge in [0, 0.05) is 13.1 Å². The monoisotopic (exact) mass is 391 g/mol. The van der Waals surface area contributed by atoms with E-state index in [1.807, 2.05) is 13.8 Å². The predicted molar refractivity (Wildman–Crippen MR) is 108 cm³/mol. The molecule has 9 nitrogen and oxygen atoms in total. The van der Waals surface area contributed by atoms with E-state index in [9.17, 15) is 14.4 Å². The number of rotatable bonds is 9. The van der Waals surface area contributed by atoms with E-state index in [4.69, 9.17) is 10.3 Å². The highest BCUT2D eigenvalue weighted by Gasteiger charge is 2.28. The molecule has 2 aromatic heterocycles. The fraction of sp³-hybridized carbons (Fsp3) is 0.579. The second kappa shape index (κ2) is 9.38. The van der Waals surface area contributed by atoms with E-state index in [2.05, 4.69) is 10.1 Å². The van der Waals surface area contributed by atoms with Crippen LogP contribution in [0.1, 0.15) is 67.8 Å². The van der Waals surface area contributed by atoms with Gasteiger partial charge in [0.15, 0.2) is 5.69 Å². The van der Waals surface area contributed by atoms with Crippen LogP contribution in [0.4, 0.5) is 11.5 Å². The first-order valence-electron chi connectivity index (χ1n) is 9.70. The minimum Gasteiger partial charge on any atom is -0.383 e. The summed E-state index contributed by atoms with van der Waals surface area (Å²) in [6, 6.07) is 0. The summed E-state index contributed by atoms with van der Waals surface area (Å²) in [7, 11) is 0. The van der Waals surface area contributed by atoms with Crippen molar-refractivity contribution >= 4 is 17.4 Å². The topological polar surface area (TPSA) is 127 Å². The lowest BCUT2D eigenvalue weighted by Crippen LogP contribution is -2.42. The molecule has 0 saturated carbocycles. The number of aromatic nitrogens is 3. The van der Waals surface area contributed by atoms with Crippen LogP contribution < -0.4 is 21.9 Å². The molecule has 1 amide bonds. The Hall–Kier alpha value is -2.84. The van der Waals surface area contributed by atoms with Crippen LogP contribution in [-0.4, -0.2) is 27.2 Å². The lowest BCUT2D eigenvalue weighted by molar-refractivity contribution is 0.0984. The van der Waals surface area contributed by atoms with Gasteiger partial charge in [-0.25, -0.2) is 4.79 Å². The minimum atomic E-state index is -0.674. The summed E-state index contributed by atoms with van der Waals surface area (Å²) in [6.07, 6.45) is 4.12. The Labute approximate surface area is 163 Å². The lowest BCUT2D eigenvalue weighted by Gasteiger charge is -2.24. The lowest BCUT2D eigenvalue weighted by atomic mass is 10.1. The van der Waals surface area contributed by atoms with Crippen LogP contribution in [0, 0.1) is 13.8 Å². The van der Waals surface area contributed by atoms with Gasteiger partial charge in [-0.15, -0.1) is 0 Å². The van der Waals surface area contributed by atoms with Crippen molar-refractivity contribution in [3.05, 3.63) is 37.9 Å². The third-order valence-corrected chi connectivity index (χ3v) is 4.70. The van der Waals surface area contributed by atoms with Crippen LogP contribution in [0.2, 0.25) is 0 Å². The van der Waals surface area contributed by atoms with Crippen LogP contribution in [0.3, 0.4) is 0 Å². The molecule has 0 spiro atoms. The SMILES string of the molecule is CCCCCN(C(=O)c1c(C)noc1C)c1c(N)n(CCCC)c(=O)[nH]c1=O. The predicted octanol–water partition coefficient (Wildman–Crippen LogP) is 2.36. The van der Waals surface area contributed by atoms with Crippen LogP contribution in [0.15, 0.2) is 14.1 Å². The zero-order valence-electron chi connectivity index (χ0n) is 17.0. The van der Waals surface area contributed by atoms with Crippen molar-refractivity contribution in [1.82, 2.24) is 14.7 Å². The molecule has 28 heavy (non-hydrogen) atoms. The van der Waals surface area contributed by atoms with Gasteiger partial charge in [-0.1, -0.05) is 38.3 Å². The molecular formula is C19H29N5O4. The average molecular weight is 391 g/mol. The molecule has 0 fully saturated rings. The number of nitrogen functional groups attached to an aromatic ring is 1. The van der Waals surface area contributed by atoms with Crippen molar-refractivity contribution in [2.24, 2.45) is 0 Å². The Balaban J connectivity index is 2.59. The summed E-state index contributed by atoms with van der Waals surface area (Å²) in [5.74, 6) is -0.0404. The zero-order valence-corrected chi connectivity index (χ0v) is 17.0. The van der Waals surface area contributed by atoms with Crippen molar-refractivity contribution in [2.75, 3.05) is 17.2 Å². The van der Waals surface area contributed by atoms with Crippen LogP contribution in [0.25, 0.3) is 0 Å². The second-order valence-corrected chi connectivity index (χ2v) is 6.86. The van der Waals surface area contributed by atoms with Gasteiger partial charge >= 0.3 is 5.69 Å². The highest BCUT2D eigenvalue weighted by molar-refractivity contribution is 6.08. The number of unbranched alkanes of at least 4 members (excludes halogenated alkanes) is 3. The van der Waals surface area contributed by atoms with Gasteiger partial charge in [-0.05, 0) is 26.7 Å².